The van der Waals surface area contributed by atoms with Gasteiger partial charge in [0.05, 0.1) is 5.75 Å². The maximum Gasteiger partial charge on any atom is 0.326 e. The van der Waals surface area contributed by atoms with Crippen LogP contribution in [0.15, 0.2) is 0 Å². The third kappa shape index (κ3) is 4.16. The Morgan fingerprint density at radius 1 is 1.38 bits per heavy atom. The predicted molar refractivity (Wildman–Crippen MR) is 78.3 cm³/mol. The second kappa shape index (κ2) is 7.22. The van der Waals surface area contributed by atoms with Crippen molar-refractivity contribution in [2.24, 2.45) is 0 Å². The van der Waals surface area contributed by atoms with Crippen molar-refractivity contribution in [3.8, 4) is 0 Å². The van der Waals surface area contributed by atoms with E-state index in [0.29, 0.717) is 19.4 Å². The molecule has 0 radical (unpaired) electrons. The molecule has 1 fully saturated rings. The van der Waals surface area contributed by atoms with Gasteiger partial charge < -0.3 is 10.0 Å². The largest absolute Gasteiger partial charge is 0.480 e. The number of rotatable bonds is 6. The topological polar surface area (TPSA) is 95.0 Å². The monoisotopic (exact) mass is 320 g/mol. The van der Waals surface area contributed by atoms with Crippen LogP contribution in [0.3, 0.4) is 0 Å². The van der Waals surface area contributed by atoms with Crippen molar-refractivity contribution in [3.63, 3.8) is 0 Å². The molecular weight excluding hydrogens is 296 g/mol. The molecule has 0 aromatic carbocycles. The standard InChI is InChI=1S/C13H24N2O5S/c1-4-9-21(19,20)15-8-6-5-7-11(15)12(16)14(3)10(2)13(17)18/h10-11H,4-9H2,1-3H3,(H,17,18). The maximum atomic E-state index is 12.5. The van der Waals surface area contributed by atoms with E-state index in [1.54, 1.807) is 6.92 Å². The molecule has 1 saturated heterocycles. The average Bonchev–Trinajstić information content (AvgIpc) is 2.44. The van der Waals surface area contributed by atoms with Gasteiger partial charge in [-0.1, -0.05) is 13.3 Å². The van der Waals surface area contributed by atoms with Crippen molar-refractivity contribution in [1.82, 2.24) is 9.21 Å². The van der Waals surface area contributed by atoms with Crippen LogP contribution in [0.1, 0.15) is 39.5 Å². The Kier molecular flexibility index (Phi) is 6.15. The molecule has 1 aliphatic rings. The Morgan fingerprint density at radius 2 is 2.00 bits per heavy atom. The number of piperidine rings is 1. The number of likely N-dealkylation sites (N-methyl/N-ethyl adjacent to an activating group) is 1. The lowest BCUT2D eigenvalue weighted by Gasteiger charge is -2.36. The first-order chi connectivity index (χ1) is 9.72. The third-order valence-corrected chi connectivity index (χ3v) is 5.92. The molecule has 1 N–H and O–H groups in total. The molecule has 1 rings (SSSR count). The van der Waals surface area contributed by atoms with Gasteiger partial charge in [0, 0.05) is 13.6 Å². The Bertz CT molecular complexity index is 491. The number of hydrogen-bond acceptors (Lipinski definition) is 4. The van der Waals surface area contributed by atoms with Gasteiger partial charge in [-0.3, -0.25) is 4.79 Å². The molecule has 0 aromatic rings. The number of sulfonamides is 1. The zero-order valence-electron chi connectivity index (χ0n) is 12.8. The zero-order chi connectivity index (χ0) is 16.2. The van der Waals surface area contributed by atoms with Gasteiger partial charge in [0.2, 0.25) is 15.9 Å². The van der Waals surface area contributed by atoms with Gasteiger partial charge in [-0.25, -0.2) is 13.2 Å². The van der Waals surface area contributed by atoms with Gasteiger partial charge in [-0.2, -0.15) is 4.31 Å². The molecule has 0 aromatic heterocycles. The molecule has 0 bridgehead atoms. The summed E-state index contributed by atoms with van der Waals surface area (Å²) in [4.78, 5) is 24.6. The molecule has 122 valence electrons. The molecule has 1 heterocycles. The molecule has 21 heavy (non-hydrogen) atoms. The van der Waals surface area contributed by atoms with Crippen molar-refractivity contribution in [3.05, 3.63) is 0 Å². The Morgan fingerprint density at radius 3 is 2.52 bits per heavy atom. The first kappa shape index (κ1) is 17.9. The van der Waals surface area contributed by atoms with Gasteiger partial charge in [-0.15, -0.1) is 0 Å². The summed E-state index contributed by atoms with van der Waals surface area (Å²) in [5.41, 5.74) is 0. The summed E-state index contributed by atoms with van der Waals surface area (Å²) in [6.07, 6.45) is 2.42. The van der Waals surface area contributed by atoms with Crippen LogP contribution in [0.2, 0.25) is 0 Å². The Labute approximate surface area is 126 Å². The summed E-state index contributed by atoms with van der Waals surface area (Å²) in [7, 11) is -2.07. The highest BCUT2D eigenvalue weighted by molar-refractivity contribution is 7.89. The summed E-state index contributed by atoms with van der Waals surface area (Å²) in [5, 5.41) is 8.98. The molecular formula is C13H24N2O5S. The number of carbonyl (C=O) groups is 2. The number of carboxylic acids is 1. The lowest BCUT2D eigenvalue weighted by Crippen LogP contribution is -2.55. The molecule has 0 saturated carbocycles. The van der Waals surface area contributed by atoms with Gasteiger partial charge >= 0.3 is 5.97 Å². The predicted octanol–water partition coefficient (Wildman–Crippen LogP) is 0.512. The van der Waals surface area contributed by atoms with Crippen LogP contribution >= 0.6 is 0 Å². The lowest BCUT2D eigenvalue weighted by atomic mass is 10.0. The van der Waals surface area contributed by atoms with Crippen LogP contribution < -0.4 is 0 Å². The van der Waals surface area contributed by atoms with Crippen molar-refractivity contribution in [1.29, 1.82) is 0 Å². The molecule has 2 unspecified atom stereocenters. The summed E-state index contributed by atoms with van der Waals surface area (Å²) in [6, 6.07) is -1.75. The van der Waals surface area contributed by atoms with Crippen molar-refractivity contribution in [2.75, 3.05) is 19.3 Å². The lowest BCUT2D eigenvalue weighted by molar-refractivity contribution is -0.150. The summed E-state index contributed by atoms with van der Waals surface area (Å²) in [5.74, 6) is -1.54. The summed E-state index contributed by atoms with van der Waals surface area (Å²) in [6.45, 7) is 3.51. The number of nitrogens with zero attached hydrogens (tertiary/aromatic N) is 2. The van der Waals surface area contributed by atoms with Gasteiger partial charge in [0.1, 0.15) is 12.1 Å². The summed E-state index contributed by atoms with van der Waals surface area (Å²) < 4.78 is 25.8. The van der Waals surface area contributed by atoms with E-state index in [1.807, 2.05) is 0 Å². The van der Waals surface area contributed by atoms with E-state index in [0.717, 1.165) is 17.7 Å². The second-order valence-corrected chi connectivity index (χ2v) is 7.44. The molecule has 1 aliphatic heterocycles. The molecule has 8 heteroatoms. The van der Waals surface area contributed by atoms with E-state index in [4.69, 9.17) is 5.11 Å². The molecule has 1 amide bonds. The van der Waals surface area contributed by atoms with Crippen molar-refractivity contribution >= 4 is 21.9 Å². The number of carboxylic acid groups (broad SMARTS) is 1. The number of carbonyl (C=O) groups excluding carboxylic acids is 1. The highest BCUT2D eigenvalue weighted by atomic mass is 32.2. The normalized spacial score (nSPS) is 21.8. The highest BCUT2D eigenvalue weighted by Crippen LogP contribution is 2.23. The Hall–Kier alpha value is -1.15. The van der Waals surface area contributed by atoms with Crippen LogP contribution in [0.4, 0.5) is 0 Å². The van der Waals surface area contributed by atoms with Crippen LogP contribution in [-0.2, 0) is 19.6 Å². The van der Waals surface area contributed by atoms with Gasteiger partial charge in [0.15, 0.2) is 0 Å². The van der Waals surface area contributed by atoms with Crippen molar-refractivity contribution in [2.45, 2.75) is 51.6 Å². The average molecular weight is 320 g/mol. The van der Waals surface area contributed by atoms with Gasteiger partial charge in [0.25, 0.3) is 0 Å². The Balaban J connectivity index is 2.96. The fraction of sp³-hybridized carbons (Fsp3) is 0.846. The van der Waals surface area contributed by atoms with Crippen molar-refractivity contribution < 1.29 is 23.1 Å². The van der Waals surface area contributed by atoms with E-state index in [1.165, 1.54) is 18.3 Å². The first-order valence-electron chi connectivity index (χ1n) is 7.21. The minimum atomic E-state index is -3.47. The maximum absolute atomic E-state index is 12.5. The molecule has 7 nitrogen and oxygen atoms in total. The SMILES string of the molecule is CCCS(=O)(=O)N1CCCCC1C(=O)N(C)C(C)C(=O)O. The fourth-order valence-corrected chi connectivity index (χ4v) is 4.19. The van der Waals surface area contributed by atoms with Gasteiger partial charge in [-0.05, 0) is 26.2 Å². The molecule has 0 spiro atoms. The van der Waals surface area contributed by atoms with E-state index in [2.05, 4.69) is 0 Å². The summed E-state index contributed by atoms with van der Waals surface area (Å²) >= 11 is 0. The first-order valence-corrected chi connectivity index (χ1v) is 8.82. The minimum absolute atomic E-state index is 0.00891. The molecule has 0 aliphatic carbocycles. The smallest absolute Gasteiger partial charge is 0.326 e. The van der Waals surface area contributed by atoms with E-state index in [9.17, 15) is 18.0 Å². The van der Waals surface area contributed by atoms with Crippen LogP contribution in [0.5, 0.6) is 0 Å². The second-order valence-electron chi connectivity index (χ2n) is 5.40. The number of hydrogen-bond donors (Lipinski definition) is 1. The van der Waals surface area contributed by atoms with E-state index in [-0.39, 0.29) is 5.75 Å². The fourth-order valence-electron chi connectivity index (χ4n) is 2.45. The number of amides is 1. The minimum Gasteiger partial charge on any atom is -0.480 e. The number of aliphatic carboxylic acids is 1. The molecule has 2 atom stereocenters. The van der Waals surface area contributed by atoms with Crippen LogP contribution in [0, 0.1) is 0 Å². The zero-order valence-corrected chi connectivity index (χ0v) is 13.6. The van der Waals surface area contributed by atoms with Crippen LogP contribution in [0.25, 0.3) is 0 Å². The van der Waals surface area contributed by atoms with Crippen LogP contribution in [-0.4, -0.2) is 66.0 Å². The quantitative estimate of drug-likeness (QED) is 0.769. The van der Waals surface area contributed by atoms with E-state index < -0.39 is 34.0 Å². The van der Waals surface area contributed by atoms with E-state index >= 15 is 0 Å². The highest BCUT2D eigenvalue weighted by Gasteiger charge is 2.39. The third-order valence-electron chi connectivity index (χ3n) is 3.84.